The van der Waals surface area contributed by atoms with Crippen LogP contribution in [0.4, 0.5) is 29.5 Å². The summed E-state index contributed by atoms with van der Waals surface area (Å²) >= 11 is 11.7. The Labute approximate surface area is 196 Å². The van der Waals surface area contributed by atoms with Crippen LogP contribution in [-0.2, 0) is 13.0 Å². The number of aromatic nitrogens is 2. The molecule has 2 N–H and O–H groups in total. The minimum Gasteiger partial charge on any atom is -0.340 e. The number of nitrogens with zero attached hydrogens (tertiary/aromatic N) is 4. The van der Waals surface area contributed by atoms with Crippen LogP contribution in [0.3, 0.4) is 0 Å². The minimum absolute atomic E-state index is 0.0390. The van der Waals surface area contributed by atoms with Gasteiger partial charge in [-0.3, -0.25) is 0 Å². The molecule has 4 rings (SSSR count). The average Bonchev–Trinajstić information content (AvgIpc) is 2.79. The van der Waals surface area contributed by atoms with Crippen molar-refractivity contribution in [3.05, 3.63) is 81.0 Å². The standard InChI is InChI=1S/C21H15Cl2F3N6O/c22-14-7-18(26)17(25)5-11(14)8-29-31-21(33)32-4-3-19-13(9-32)20(28-10-27-19)30-12-1-2-16(24)15(23)6-12/h1-2,5-8,10H,3-4,9H2,(H,31,33)(H,27,28,30)/b29-8+. The van der Waals surface area contributed by atoms with Crippen LogP contribution >= 0.6 is 23.2 Å². The summed E-state index contributed by atoms with van der Waals surface area (Å²) in [6.07, 6.45) is 3.00. The van der Waals surface area contributed by atoms with Gasteiger partial charge >= 0.3 is 6.03 Å². The molecule has 0 atom stereocenters. The average molecular weight is 495 g/mol. The van der Waals surface area contributed by atoms with Gasteiger partial charge in [0, 0.05) is 29.8 Å². The fourth-order valence-corrected chi connectivity index (χ4v) is 3.58. The van der Waals surface area contributed by atoms with Crippen molar-refractivity contribution in [2.75, 3.05) is 11.9 Å². The number of fused-ring (bicyclic) bond motifs is 1. The lowest BCUT2D eigenvalue weighted by atomic mass is 10.1. The fourth-order valence-electron chi connectivity index (χ4n) is 3.20. The lowest BCUT2D eigenvalue weighted by Crippen LogP contribution is -2.41. The summed E-state index contributed by atoms with van der Waals surface area (Å²) in [5, 5.41) is 6.76. The Bertz CT molecular complexity index is 1260. The first-order valence-electron chi connectivity index (χ1n) is 9.59. The van der Waals surface area contributed by atoms with E-state index < -0.39 is 23.5 Å². The van der Waals surface area contributed by atoms with Gasteiger partial charge in [-0.15, -0.1) is 0 Å². The van der Waals surface area contributed by atoms with Crippen LogP contribution in [0.2, 0.25) is 10.0 Å². The smallest absolute Gasteiger partial charge is 0.338 e. The Hall–Kier alpha value is -3.37. The van der Waals surface area contributed by atoms with Gasteiger partial charge in [0.15, 0.2) is 11.6 Å². The van der Waals surface area contributed by atoms with Crippen molar-refractivity contribution in [2.45, 2.75) is 13.0 Å². The monoisotopic (exact) mass is 494 g/mol. The molecule has 170 valence electrons. The summed E-state index contributed by atoms with van der Waals surface area (Å²) < 4.78 is 40.0. The largest absolute Gasteiger partial charge is 0.340 e. The molecule has 1 aliphatic rings. The third-order valence-corrected chi connectivity index (χ3v) is 5.49. The Kier molecular flexibility index (Phi) is 6.66. The summed E-state index contributed by atoms with van der Waals surface area (Å²) in [5.74, 6) is -2.25. The Morgan fingerprint density at radius 1 is 1.06 bits per heavy atom. The lowest BCUT2D eigenvalue weighted by Gasteiger charge is -2.28. The maximum atomic E-state index is 13.4. The van der Waals surface area contributed by atoms with E-state index >= 15 is 0 Å². The second-order valence-electron chi connectivity index (χ2n) is 7.04. The molecule has 7 nitrogen and oxygen atoms in total. The number of hydrogen-bond acceptors (Lipinski definition) is 5. The van der Waals surface area contributed by atoms with Crippen LogP contribution in [0, 0.1) is 17.5 Å². The van der Waals surface area contributed by atoms with E-state index in [1.165, 1.54) is 29.4 Å². The van der Waals surface area contributed by atoms with E-state index in [1.54, 1.807) is 0 Å². The molecule has 33 heavy (non-hydrogen) atoms. The first kappa shape index (κ1) is 22.8. The minimum atomic E-state index is -1.08. The number of benzene rings is 2. The lowest BCUT2D eigenvalue weighted by molar-refractivity contribution is 0.192. The van der Waals surface area contributed by atoms with Gasteiger partial charge in [-0.05, 0) is 30.3 Å². The van der Waals surface area contributed by atoms with E-state index in [0.717, 1.165) is 24.0 Å². The molecular weight excluding hydrogens is 480 g/mol. The predicted octanol–water partition coefficient (Wildman–Crippen LogP) is 5.05. The SMILES string of the molecule is O=C(N/N=C/c1cc(F)c(F)cc1Cl)N1CCc2ncnc(Nc3ccc(F)c(Cl)c3)c2C1. The Balaban J connectivity index is 1.46. The molecule has 3 aromatic rings. The normalized spacial score (nSPS) is 13.2. The zero-order valence-electron chi connectivity index (χ0n) is 16.7. The molecule has 0 saturated carbocycles. The fraction of sp³-hybridized carbons (Fsp3) is 0.143. The summed E-state index contributed by atoms with van der Waals surface area (Å²) in [4.78, 5) is 22.6. The van der Waals surface area contributed by atoms with Crippen LogP contribution in [0.25, 0.3) is 0 Å². The molecule has 0 fully saturated rings. The van der Waals surface area contributed by atoms with Crippen LogP contribution < -0.4 is 10.7 Å². The molecule has 2 amide bonds. The van der Waals surface area contributed by atoms with E-state index in [2.05, 4.69) is 25.8 Å². The van der Waals surface area contributed by atoms with Crippen molar-refractivity contribution < 1.29 is 18.0 Å². The van der Waals surface area contributed by atoms with Crippen molar-refractivity contribution >= 4 is 47.0 Å². The number of halogens is 5. The highest BCUT2D eigenvalue weighted by atomic mass is 35.5. The van der Waals surface area contributed by atoms with Gasteiger partial charge in [0.2, 0.25) is 0 Å². The number of urea groups is 1. The molecule has 0 saturated heterocycles. The van der Waals surface area contributed by atoms with E-state index in [9.17, 15) is 18.0 Å². The summed E-state index contributed by atoms with van der Waals surface area (Å²) in [5.41, 5.74) is 4.42. The summed E-state index contributed by atoms with van der Waals surface area (Å²) in [6, 6.07) is 5.36. The number of carbonyl (C=O) groups is 1. The van der Waals surface area contributed by atoms with Crippen LogP contribution in [0.15, 0.2) is 41.8 Å². The quantitative estimate of drug-likeness (QED) is 0.302. The summed E-state index contributed by atoms with van der Waals surface area (Å²) in [7, 11) is 0. The zero-order chi connectivity index (χ0) is 23.5. The number of hydrazone groups is 1. The van der Waals surface area contributed by atoms with Gasteiger partial charge in [-0.2, -0.15) is 5.10 Å². The third-order valence-electron chi connectivity index (χ3n) is 4.88. The Morgan fingerprint density at radius 2 is 1.85 bits per heavy atom. The van der Waals surface area contributed by atoms with Crippen molar-refractivity contribution in [2.24, 2.45) is 5.10 Å². The van der Waals surface area contributed by atoms with Crippen LogP contribution in [0.5, 0.6) is 0 Å². The highest BCUT2D eigenvalue weighted by Crippen LogP contribution is 2.27. The number of hydrogen-bond donors (Lipinski definition) is 2. The molecule has 0 unspecified atom stereocenters. The first-order chi connectivity index (χ1) is 15.8. The van der Waals surface area contributed by atoms with Gasteiger partial charge < -0.3 is 10.2 Å². The molecule has 1 aromatic heterocycles. The molecule has 0 spiro atoms. The van der Waals surface area contributed by atoms with Gasteiger partial charge in [-0.25, -0.2) is 33.4 Å². The molecule has 0 radical (unpaired) electrons. The molecule has 2 heterocycles. The third kappa shape index (κ3) is 5.18. The number of anilines is 2. The van der Waals surface area contributed by atoms with E-state index in [1.807, 2.05) is 0 Å². The molecule has 0 aliphatic carbocycles. The van der Waals surface area contributed by atoms with Crippen molar-refractivity contribution in [3.8, 4) is 0 Å². The van der Waals surface area contributed by atoms with E-state index in [0.29, 0.717) is 30.0 Å². The summed E-state index contributed by atoms with van der Waals surface area (Å²) in [6.45, 7) is 0.555. The Morgan fingerprint density at radius 3 is 2.64 bits per heavy atom. The van der Waals surface area contributed by atoms with E-state index in [-0.39, 0.29) is 22.2 Å². The van der Waals surface area contributed by atoms with Crippen LogP contribution in [-0.4, -0.2) is 33.7 Å². The van der Waals surface area contributed by atoms with Crippen molar-refractivity contribution in [1.29, 1.82) is 0 Å². The predicted molar refractivity (Wildman–Crippen MR) is 118 cm³/mol. The van der Waals surface area contributed by atoms with Gasteiger partial charge in [-0.1, -0.05) is 23.2 Å². The van der Waals surface area contributed by atoms with Crippen LogP contribution in [0.1, 0.15) is 16.8 Å². The maximum absolute atomic E-state index is 13.4. The zero-order valence-corrected chi connectivity index (χ0v) is 18.3. The molecule has 2 aromatic carbocycles. The van der Waals surface area contributed by atoms with Crippen molar-refractivity contribution in [3.63, 3.8) is 0 Å². The highest BCUT2D eigenvalue weighted by Gasteiger charge is 2.24. The number of amides is 2. The van der Waals surface area contributed by atoms with Gasteiger partial charge in [0.1, 0.15) is 18.0 Å². The molecule has 0 bridgehead atoms. The highest BCUT2D eigenvalue weighted by molar-refractivity contribution is 6.33. The second kappa shape index (κ2) is 9.63. The van der Waals surface area contributed by atoms with Gasteiger partial charge in [0.05, 0.1) is 28.5 Å². The topological polar surface area (TPSA) is 82.5 Å². The maximum Gasteiger partial charge on any atom is 0.338 e. The molecular formula is C21H15Cl2F3N6O. The first-order valence-corrected chi connectivity index (χ1v) is 10.3. The number of nitrogens with one attached hydrogen (secondary N) is 2. The molecule has 12 heteroatoms. The van der Waals surface area contributed by atoms with E-state index in [4.69, 9.17) is 23.2 Å². The second-order valence-corrected chi connectivity index (χ2v) is 7.85. The molecule has 1 aliphatic heterocycles. The number of rotatable bonds is 4. The van der Waals surface area contributed by atoms with Gasteiger partial charge in [0.25, 0.3) is 0 Å². The number of carbonyl (C=O) groups excluding carboxylic acids is 1. The van der Waals surface area contributed by atoms with Crippen molar-refractivity contribution in [1.82, 2.24) is 20.3 Å².